The summed E-state index contributed by atoms with van der Waals surface area (Å²) in [7, 11) is -4.80. The largest absolute Gasteiger partial charge is 0.469 e. The highest BCUT2D eigenvalue weighted by molar-refractivity contribution is 7.46. The summed E-state index contributed by atoms with van der Waals surface area (Å²) < 4.78 is 33.9. The minimum absolute atomic E-state index is 0.0466. The predicted molar refractivity (Wildman–Crippen MR) is 82.2 cm³/mol. The van der Waals surface area contributed by atoms with Crippen molar-refractivity contribution in [3.05, 3.63) is 28.8 Å². The molecule has 2 aromatic rings. The minimum atomic E-state index is -4.80. The Morgan fingerprint density at radius 1 is 1.42 bits per heavy atom. The van der Waals surface area contributed by atoms with E-state index in [2.05, 4.69) is 19.5 Å². The average molecular weight is 392 g/mol. The number of halogens is 1. The fraction of sp³-hybridized carbons (Fsp3) is 0.417. The van der Waals surface area contributed by atoms with Crippen molar-refractivity contribution in [2.24, 2.45) is 0 Å². The molecule has 0 aromatic carbocycles. The summed E-state index contributed by atoms with van der Waals surface area (Å²) in [6.07, 6.45) is -3.39. The number of hydrogen-bond acceptors (Lipinski definition) is 8. The molecule has 12 nitrogen and oxygen atoms in total. The van der Waals surface area contributed by atoms with Crippen LogP contribution in [0.3, 0.4) is 0 Å². The number of aliphatic hydroxyl groups is 2. The third kappa shape index (κ3) is 3.59. The molecule has 3 heterocycles. The van der Waals surface area contributed by atoms with Crippen molar-refractivity contribution in [1.82, 2.24) is 19.5 Å². The second-order valence-electron chi connectivity index (χ2n) is 5.40. The van der Waals surface area contributed by atoms with Gasteiger partial charge in [0.2, 0.25) is 0 Å². The van der Waals surface area contributed by atoms with Gasteiger partial charge in [-0.3, -0.25) is 13.9 Å². The zero-order chi connectivity index (χ0) is 19.1. The van der Waals surface area contributed by atoms with E-state index in [4.69, 9.17) is 14.5 Å². The van der Waals surface area contributed by atoms with E-state index in [1.54, 1.807) is 0 Å². The molecule has 1 aliphatic rings. The van der Waals surface area contributed by atoms with Gasteiger partial charge in [0.1, 0.15) is 24.1 Å². The van der Waals surface area contributed by atoms with E-state index in [9.17, 15) is 24.0 Å². The molecule has 1 aliphatic heterocycles. The van der Waals surface area contributed by atoms with Crippen LogP contribution in [0.4, 0.5) is 4.39 Å². The fourth-order valence-electron chi connectivity index (χ4n) is 2.54. The standard InChI is InChI=1S/C12H14FN4O8P/c13-2-1-6-15-10-7(11(20)16-6)14-4-17(10)12-9(19)8(18)5(25-12)3-24-26(21,22)23/h1-2,4-5,8-9,12,18-19H,3H2,(H,15,16,20)(H2,21,22,23)/b2-1+/t5-,8-,9-,12?/m1/s1. The van der Waals surface area contributed by atoms with E-state index >= 15 is 0 Å². The Morgan fingerprint density at radius 2 is 2.15 bits per heavy atom. The lowest BCUT2D eigenvalue weighted by Crippen LogP contribution is -2.33. The molecule has 26 heavy (non-hydrogen) atoms. The summed E-state index contributed by atoms with van der Waals surface area (Å²) in [5.41, 5.74) is -0.813. The normalized spacial score (nSPS) is 27.0. The Balaban J connectivity index is 1.93. The summed E-state index contributed by atoms with van der Waals surface area (Å²) in [5, 5.41) is 20.2. The average Bonchev–Trinajstić information content (AvgIpc) is 3.08. The summed E-state index contributed by atoms with van der Waals surface area (Å²) in [6.45, 7) is -0.685. The van der Waals surface area contributed by atoms with Crippen molar-refractivity contribution in [2.75, 3.05) is 6.61 Å². The number of rotatable bonds is 5. The molecule has 1 saturated heterocycles. The first-order valence-electron chi connectivity index (χ1n) is 7.16. The summed E-state index contributed by atoms with van der Waals surface area (Å²) in [5.74, 6) is -0.110. The number of aromatic amines is 1. The quantitative estimate of drug-likeness (QED) is 0.387. The first kappa shape index (κ1) is 18.8. The van der Waals surface area contributed by atoms with Crippen molar-refractivity contribution in [1.29, 1.82) is 0 Å². The highest BCUT2D eigenvalue weighted by Crippen LogP contribution is 2.38. The number of nitrogens with zero attached hydrogens (tertiary/aromatic N) is 3. The molecule has 3 rings (SSSR count). The van der Waals surface area contributed by atoms with Crippen LogP contribution in [-0.4, -0.2) is 64.4 Å². The number of phosphoric acid groups is 1. The Labute approximate surface area is 143 Å². The van der Waals surface area contributed by atoms with Crippen LogP contribution in [0.5, 0.6) is 0 Å². The van der Waals surface area contributed by atoms with Crippen LogP contribution >= 0.6 is 7.82 Å². The van der Waals surface area contributed by atoms with Gasteiger partial charge < -0.3 is 29.7 Å². The lowest BCUT2D eigenvalue weighted by Gasteiger charge is -2.16. The molecule has 5 N–H and O–H groups in total. The Bertz CT molecular complexity index is 939. The molecule has 1 fully saturated rings. The van der Waals surface area contributed by atoms with E-state index in [0.717, 1.165) is 17.0 Å². The van der Waals surface area contributed by atoms with Crippen LogP contribution < -0.4 is 5.56 Å². The Hall–Kier alpha value is -1.99. The monoisotopic (exact) mass is 392 g/mol. The molecule has 0 aliphatic carbocycles. The lowest BCUT2D eigenvalue weighted by atomic mass is 10.1. The molecular formula is C12H14FN4O8P. The van der Waals surface area contributed by atoms with Crippen LogP contribution in [-0.2, 0) is 13.8 Å². The number of aromatic nitrogens is 4. The van der Waals surface area contributed by atoms with Crippen LogP contribution in [0.2, 0.25) is 0 Å². The number of imidazole rings is 1. The van der Waals surface area contributed by atoms with Crippen molar-refractivity contribution in [2.45, 2.75) is 24.5 Å². The Morgan fingerprint density at radius 3 is 2.81 bits per heavy atom. The molecule has 14 heteroatoms. The predicted octanol–water partition coefficient (Wildman–Crippen LogP) is -1.21. The summed E-state index contributed by atoms with van der Waals surface area (Å²) in [4.78, 5) is 39.5. The molecule has 4 atom stereocenters. The maximum atomic E-state index is 12.3. The molecule has 142 valence electrons. The topological polar surface area (TPSA) is 180 Å². The van der Waals surface area contributed by atoms with Gasteiger partial charge in [0.15, 0.2) is 17.4 Å². The van der Waals surface area contributed by atoms with Crippen molar-refractivity contribution < 1.29 is 38.2 Å². The third-order valence-corrected chi connectivity index (χ3v) is 4.18. The summed E-state index contributed by atoms with van der Waals surface area (Å²) in [6, 6.07) is 0. The van der Waals surface area contributed by atoms with Gasteiger partial charge in [0.25, 0.3) is 5.56 Å². The number of ether oxygens (including phenoxy) is 1. The number of fused-ring (bicyclic) bond motifs is 1. The smallest absolute Gasteiger partial charge is 0.387 e. The maximum absolute atomic E-state index is 12.3. The van der Waals surface area contributed by atoms with Gasteiger partial charge >= 0.3 is 7.82 Å². The molecule has 0 amide bonds. The first-order valence-corrected chi connectivity index (χ1v) is 8.69. The number of nitrogens with one attached hydrogen (secondary N) is 1. The van der Waals surface area contributed by atoms with Gasteiger partial charge in [0, 0.05) is 6.08 Å². The second-order valence-corrected chi connectivity index (χ2v) is 6.64. The molecular weight excluding hydrogens is 378 g/mol. The summed E-state index contributed by atoms with van der Waals surface area (Å²) >= 11 is 0. The first-order chi connectivity index (χ1) is 12.2. The van der Waals surface area contributed by atoms with E-state index in [-0.39, 0.29) is 23.3 Å². The third-order valence-electron chi connectivity index (χ3n) is 3.69. The molecule has 0 bridgehead atoms. The van der Waals surface area contributed by atoms with Gasteiger partial charge in [0.05, 0.1) is 19.3 Å². The van der Waals surface area contributed by atoms with Gasteiger partial charge in [-0.15, -0.1) is 0 Å². The number of phosphoric ester groups is 1. The number of H-pyrrole nitrogens is 1. The van der Waals surface area contributed by atoms with E-state index in [1.807, 2.05) is 0 Å². The van der Waals surface area contributed by atoms with Gasteiger partial charge in [-0.1, -0.05) is 0 Å². The van der Waals surface area contributed by atoms with Crippen LogP contribution in [0.15, 0.2) is 17.5 Å². The SMILES string of the molecule is O=c1[nH]c(/C=C/F)nc2c1ncn2C1O[C@H](COP(=O)(O)O)[C@@H](O)[C@H]1O. The number of hydrogen-bond donors (Lipinski definition) is 5. The minimum Gasteiger partial charge on any atom is -0.387 e. The van der Waals surface area contributed by atoms with Crippen LogP contribution in [0, 0.1) is 0 Å². The molecule has 0 saturated carbocycles. The molecule has 0 radical (unpaired) electrons. The highest BCUT2D eigenvalue weighted by atomic mass is 31.2. The molecule has 2 aromatic heterocycles. The second kappa shape index (κ2) is 6.96. The lowest BCUT2D eigenvalue weighted by molar-refractivity contribution is -0.0504. The fourth-order valence-corrected chi connectivity index (χ4v) is 2.88. The zero-order valence-electron chi connectivity index (χ0n) is 12.8. The van der Waals surface area contributed by atoms with Crippen LogP contribution in [0.25, 0.3) is 17.2 Å². The van der Waals surface area contributed by atoms with Gasteiger partial charge in [-0.25, -0.2) is 18.9 Å². The van der Waals surface area contributed by atoms with E-state index in [0.29, 0.717) is 0 Å². The van der Waals surface area contributed by atoms with Crippen LogP contribution in [0.1, 0.15) is 12.1 Å². The van der Waals surface area contributed by atoms with E-state index in [1.165, 1.54) is 0 Å². The van der Waals surface area contributed by atoms with Crippen molar-refractivity contribution >= 4 is 25.1 Å². The number of aliphatic hydroxyl groups excluding tert-OH is 2. The zero-order valence-corrected chi connectivity index (χ0v) is 13.7. The molecule has 0 spiro atoms. The van der Waals surface area contributed by atoms with Crippen molar-refractivity contribution in [3.8, 4) is 0 Å². The van der Waals surface area contributed by atoms with E-state index < -0.39 is 44.5 Å². The van der Waals surface area contributed by atoms with Gasteiger partial charge in [-0.05, 0) is 0 Å². The maximum Gasteiger partial charge on any atom is 0.469 e. The van der Waals surface area contributed by atoms with Crippen molar-refractivity contribution in [3.63, 3.8) is 0 Å². The molecule has 1 unspecified atom stereocenters. The highest BCUT2D eigenvalue weighted by Gasteiger charge is 2.45. The van der Waals surface area contributed by atoms with Gasteiger partial charge in [-0.2, -0.15) is 0 Å². The Kier molecular flexibility index (Phi) is 5.03.